The summed E-state index contributed by atoms with van der Waals surface area (Å²) in [4.78, 5) is 0. The molecule has 120 valence electrons. The summed E-state index contributed by atoms with van der Waals surface area (Å²) in [6, 6.07) is 5.59. The molecule has 2 N–H and O–H groups in total. The van der Waals surface area contributed by atoms with Crippen LogP contribution in [0.15, 0.2) is 18.2 Å². The SMILES string of the molecule is COCC(C)OCC(O)COc1ccc(C)cc1[C@@H](C)O. The molecular weight excluding hydrogens is 272 g/mol. The van der Waals surface area contributed by atoms with Crippen molar-refractivity contribution in [3.8, 4) is 5.75 Å². The number of hydrogen-bond donors (Lipinski definition) is 2. The van der Waals surface area contributed by atoms with Crippen molar-refractivity contribution >= 4 is 0 Å². The molecule has 0 heterocycles. The fraction of sp³-hybridized carbons (Fsp3) is 0.625. The van der Waals surface area contributed by atoms with E-state index in [1.807, 2.05) is 26.0 Å². The van der Waals surface area contributed by atoms with E-state index in [0.29, 0.717) is 12.4 Å². The lowest BCUT2D eigenvalue weighted by atomic mass is 10.1. The largest absolute Gasteiger partial charge is 0.490 e. The van der Waals surface area contributed by atoms with Gasteiger partial charge in [-0.05, 0) is 32.9 Å². The Bertz CT molecular complexity index is 419. The molecule has 1 aromatic carbocycles. The molecule has 0 bridgehead atoms. The van der Waals surface area contributed by atoms with Crippen LogP contribution in [0.1, 0.15) is 31.1 Å². The van der Waals surface area contributed by atoms with Crippen molar-refractivity contribution in [2.45, 2.75) is 39.1 Å². The van der Waals surface area contributed by atoms with E-state index in [1.165, 1.54) is 0 Å². The zero-order valence-electron chi connectivity index (χ0n) is 13.2. The maximum absolute atomic E-state index is 9.86. The van der Waals surface area contributed by atoms with Crippen LogP contribution in [0.25, 0.3) is 0 Å². The molecular formula is C16H26O5. The summed E-state index contributed by atoms with van der Waals surface area (Å²) in [6.45, 7) is 6.30. The van der Waals surface area contributed by atoms with E-state index in [2.05, 4.69) is 0 Å². The molecule has 0 aromatic heterocycles. The highest BCUT2D eigenvalue weighted by atomic mass is 16.5. The van der Waals surface area contributed by atoms with Gasteiger partial charge in [-0.25, -0.2) is 0 Å². The first-order valence-corrected chi connectivity index (χ1v) is 7.14. The summed E-state index contributed by atoms with van der Waals surface area (Å²) >= 11 is 0. The van der Waals surface area contributed by atoms with Crippen LogP contribution < -0.4 is 4.74 Å². The standard InChI is InChI=1S/C16H26O5/c1-11-5-6-16(15(7-11)13(3)17)21-10-14(18)9-20-12(2)8-19-4/h5-7,12-14,17-18H,8-10H2,1-4H3/t12?,13-,14?/m1/s1. The second kappa shape index (κ2) is 9.00. The van der Waals surface area contributed by atoms with E-state index in [1.54, 1.807) is 20.1 Å². The number of benzene rings is 1. The van der Waals surface area contributed by atoms with Crippen LogP contribution >= 0.6 is 0 Å². The Labute approximate surface area is 126 Å². The molecule has 0 radical (unpaired) electrons. The van der Waals surface area contributed by atoms with Crippen molar-refractivity contribution in [1.29, 1.82) is 0 Å². The van der Waals surface area contributed by atoms with Crippen molar-refractivity contribution < 1.29 is 24.4 Å². The Kier molecular flexibility index (Phi) is 7.67. The maximum Gasteiger partial charge on any atom is 0.125 e. The summed E-state index contributed by atoms with van der Waals surface area (Å²) in [6.07, 6.45) is -1.42. The van der Waals surface area contributed by atoms with E-state index < -0.39 is 12.2 Å². The van der Waals surface area contributed by atoms with E-state index in [9.17, 15) is 10.2 Å². The number of rotatable bonds is 9. The monoisotopic (exact) mass is 298 g/mol. The van der Waals surface area contributed by atoms with Crippen LogP contribution in [0.3, 0.4) is 0 Å². The van der Waals surface area contributed by atoms with Gasteiger partial charge in [-0.1, -0.05) is 11.6 Å². The lowest BCUT2D eigenvalue weighted by Crippen LogP contribution is -2.27. The van der Waals surface area contributed by atoms with Crippen LogP contribution in [0.2, 0.25) is 0 Å². The van der Waals surface area contributed by atoms with Crippen molar-refractivity contribution in [2.24, 2.45) is 0 Å². The normalized spacial score (nSPS) is 15.5. The van der Waals surface area contributed by atoms with Gasteiger partial charge in [-0.3, -0.25) is 0 Å². The summed E-state index contributed by atoms with van der Waals surface area (Å²) in [5.41, 5.74) is 1.77. The molecule has 0 aliphatic heterocycles. The third kappa shape index (κ3) is 6.44. The van der Waals surface area contributed by atoms with Gasteiger partial charge in [0.25, 0.3) is 0 Å². The topological polar surface area (TPSA) is 68.2 Å². The Hall–Kier alpha value is -1.14. The molecule has 0 aliphatic rings. The third-order valence-electron chi connectivity index (χ3n) is 3.02. The number of methoxy groups -OCH3 is 1. The minimum absolute atomic E-state index is 0.0722. The van der Waals surface area contributed by atoms with Crippen LogP contribution in [-0.4, -0.2) is 49.4 Å². The van der Waals surface area contributed by atoms with Gasteiger partial charge in [-0.2, -0.15) is 0 Å². The molecule has 1 aromatic rings. The molecule has 2 unspecified atom stereocenters. The van der Waals surface area contributed by atoms with Gasteiger partial charge >= 0.3 is 0 Å². The summed E-state index contributed by atoms with van der Waals surface area (Å²) < 4.78 is 16.0. The Morgan fingerprint density at radius 2 is 1.81 bits per heavy atom. The number of aryl methyl sites for hydroxylation is 1. The molecule has 0 amide bonds. The van der Waals surface area contributed by atoms with Crippen molar-refractivity contribution in [2.75, 3.05) is 26.9 Å². The molecule has 5 nitrogen and oxygen atoms in total. The zero-order valence-corrected chi connectivity index (χ0v) is 13.2. The fourth-order valence-corrected chi connectivity index (χ4v) is 1.92. The van der Waals surface area contributed by atoms with Crippen molar-refractivity contribution in [1.82, 2.24) is 0 Å². The zero-order chi connectivity index (χ0) is 15.8. The molecule has 1 rings (SSSR count). The predicted molar refractivity (Wildman–Crippen MR) is 80.6 cm³/mol. The first kappa shape index (κ1) is 17.9. The molecule has 0 saturated carbocycles. The van der Waals surface area contributed by atoms with E-state index in [-0.39, 0.29) is 19.3 Å². The minimum Gasteiger partial charge on any atom is -0.490 e. The summed E-state index contributed by atoms with van der Waals surface area (Å²) in [5, 5.41) is 19.6. The molecule has 3 atom stereocenters. The van der Waals surface area contributed by atoms with Gasteiger partial charge in [0.2, 0.25) is 0 Å². The van der Waals surface area contributed by atoms with Gasteiger partial charge in [0.1, 0.15) is 18.5 Å². The third-order valence-corrected chi connectivity index (χ3v) is 3.02. The minimum atomic E-state index is -0.729. The molecule has 0 saturated heterocycles. The first-order chi connectivity index (χ1) is 9.93. The van der Waals surface area contributed by atoms with Crippen LogP contribution in [0, 0.1) is 6.92 Å². The van der Waals surface area contributed by atoms with Crippen LogP contribution in [0.4, 0.5) is 0 Å². The number of hydrogen-bond acceptors (Lipinski definition) is 5. The van der Waals surface area contributed by atoms with Crippen LogP contribution in [-0.2, 0) is 9.47 Å². The Morgan fingerprint density at radius 3 is 2.43 bits per heavy atom. The highest BCUT2D eigenvalue weighted by Gasteiger charge is 2.13. The van der Waals surface area contributed by atoms with E-state index in [0.717, 1.165) is 11.1 Å². The summed E-state index contributed by atoms with van der Waals surface area (Å²) in [5.74, 6) is 0.583. The van der Waals surface area contributed by atoms with E-state index in [4.69, 9.17) is 14.2 Å². The molecule has 0 fully saturated rings. The Balaban J connectivity index is 2.47. The molecule has 0 spiro atoms. The summed E-state index contributed by atoms with van der Waals surface area (Å²) in [7, 11) is 1.61. The fourth-order valence-electron chi connectivity index (χ4n) is 1.92. The maximum atomic E-state index is 9.86. The Morgan fingerprint density at radius 1 is 1.10 bits per heavy atom. The van der Waals surface area contributed by atoms with Gasteiger partial charge < -0.3 is 24.4 Å². The average Bonchev–Trinajstić information content (AvgIpc) is 2.44. The van der Waals surface area contributed by atoms with Gasteiger partial charge in [0, 0.05) is 12.7 Å². The molecule has 21 heavy (non-hydrogen) atoms. The van der Waals surface area contributed by atoms with Gasteiger partial charge in [-0.15, -0.1) is 0 Å². The van der Waals surface area contributed by atoms with Crippen molar-refractivity contribution in [3.63, 3.8) is 0 Å². The van der Waals surface area contributed by atoms with Gasteiger partial charge in [0.15, 0.2) is 0 Å². The highest BCUT2D eigenvalue weighted by Crippen LogP contribution is 2.26. The average molecular weight is 298 g/mol. The molecule has 0 aliphatic carbocycles. The lowest BCUT2D eigenvalue weighted by Gasteiger charge is -2.18. The first-order valence-electron chi connectivity index (χ1n) is 7.14. The van der Waals surface area contributed by atoms with Crippen LogP contribution in [0.5, 0.6) is 5.75 Å². The lowest BCUT2D eigenvalue weighted by molar-refractivity contribution is -0.0424. The second-order valence-electron chi connectivity index (χ2n) is 5.28. The predicted octanol–water partition coefficient (Wildman–Crippen LogP) is 1.84. The van der Waals surface area contributed by atoms with E-state index >= 15 is 0 Å². The number of ether oxygens (including phenoxy) is 3. The van der Waals surface area contributed by atoms with Gasteiger partial charge in [0.05, 0.1) is 25.4 Å². The molecule has 5 heteroatoms. The smallest absolute Gasteiger partial charge is 0.125 e. The highest BCUT2D eigenvalue weighted by molar-refractivity contribution is 5.38. The number of aliphatic hydroxyl groups excluding tert-OH is 2. The van der Waals surface area contributed by atoms with Crippen molar-refractivity contribution in [3.05, 3.63) is 29.3 Å². The quantitative estimate of drug-likeness (QED) is 0.728. The second-order valence-corrected chi connectivity index (χ2v) is 5.28. The number of aliphatic hydroxyl groups is 2.